The van der Waals surface area contributed by atoms with Gasteiger partial charge in [-0.05, 0) is 79.9 Å². The van der Waals surface area contributed by atoms with E-state index in [2.05, 4.69) is 5.32 Å². The van der Waals surface area contributed by atoms with Crippen molar-refractivity contribution in [3.8, 4) is 5.75 Å². The molecular formula is C23H22Cl2N2O4S2. The fourth-order valence-corrected chi connectivity index (χ4v) is 5.38. The minimum atomic E-state index is -4.04. The largest absolute Gasteiger partial charge is 0.494 e. The lowest BCUT2D eigenvalue weighted by molar-refractivity contribution is -0.114. The molecule has 0 aliphatic heterocycles. The zero-order valence-electron chi connectivity index (χ0n) is 17.9. The lowest BCUT2D eigenvalue weighted by atomic mass is 10.3. The van der Waals surface area contributed by atoms with Crippen LogP contribution in [0.25, 0.3) is 0 Å². The minimum Gasteiger partial charge on any atom is -0.494 e. The van der Waals surface area contributed by atoms with Crippen LogP contribution in [0.15, 0.2) is 76.5 Å². The molecule has 0 heterocycles. The molecule has 0 spiro atoms. The summed E-state index contributed by atoms with van der Waals surface area (Å²) in [5.41, 5.74) is 0.692. The summed E-state index contributed by atoms with van der Waals surface area (Å²) in [5, 5.41) is 3.35. The van der Waals surface area contributed by atoms with Crippen LogP contribution in [0.3, 0.4) is 0 Å². The SMILES string of the molecule is CCOc1ccc(N(CC(=O)Nc2cc(Cl)cc(Cl)c2)S(=O)(=O)c2ccc(SC)cc2)cc1. The van der Waals surface area contributed by atoms with E-state index in [0.717, 1.165) is 9.20 Å². The van der Waals surface area contributed by atoms with E-state index >= 15 is 0 Å². The summed E-state index contributed by atoms with van der Waals surface area (Å²) < 4.78 is 33.5. The van der Waals surface area contributed by atoms with Crippen LogP contribution in [-0.2, 0) is 14.8 Å². The summed E-state index contributed by atoms with van der Waals surface area (Å²) in [6, 6.07) is 17.6. The van der Waals surface area contributed by atoms with E-state index < -0.39 is 22.5 Å². The molecule has 10 heteroatoms. The molecule has 0 atom stereocenters. The quantitative estimate of drug-likeness (QED) is 0.350. The lowest BCUT2D eigenvalue weighted by Crippen LogP contribution is -2.38. The Labute approximate surface area is 207 Å². The number of anilines is 2. The van der Waals surface area contributed by atoms with Crippen molar-refractivity contribution in [1.29, 1.82) is 0 Å². The summed E-state index contributed by atoms with van der Waals surface area (Å²) in [4.78, 5) is 13.8. The first kappa shape index (κ1) is 25.2. The molecule has 1 N–H and O–H groups in total. The molecule has 0 bridgehead atoms. The van der Waals surface area contributed by atoms with Crippen LogP contribution in [0.2, 0.25) is 10.0 Å². The van der Waals surface area contributed by atoms with Crippen LogP contribution in [0.4, 0.5) is 11.4 Å². The van der Waals surface area contributed by atoms with Crippen LogP contribution in [0.1, 0.15) is 6.92 Å². The molecule has 6 nitrogen and oxygen atoms in total. The standard InChI is InChI=1S/C23H22Cl2N2O4S2/c1-3-31-20-6-4-19(5-7-20)27(33(29,30)22-10-8-21(32-2)9-11-22)15-23(28)26-18-13-16(24)12-17(25)14-18/h4-14H,3,15H2,1-2H3,(H,26,28). The second-order valence-corrected chi connectivity index (χ2v) is 10.4. The van der Waals surface area contributed by atoms with Crippen LogP contribution in [-0.4, -0.2) is 33.7 Å². The average Bonchev–Trinajstić information content (AvgIpc) is 2.77. The molecule has 0 aliphatic carbocycles. The van der Waals surface area contributed by atoms with Crippen molar-refractivity contribution in [1.82, 2.24) is 0 Å². The highest BCUT2D eigenvalue weighted by Gasteiger charge is 2.27. The summed E-state index contributed by atoms with van der Waals surface area (Å²) in [7, 11) is -4.04. The highest BCUT2D eigenvalue weighted by atomic mass is 35.5. The number of carbonyl (C=O) groups excluding carboxylic acids is 1. The van der Waals surface area contributed by atoms with Gasteiger partial charge in [-0.2, -0.15) is 0 Å². The number of ether oxygens (including phenoxy) is 1. The van der Waals surface area contributed by atoms with E-state index in [1.165, 1.54) is 42.1 Å². The monoisotopic (exact) mass is 524 g/mol. The molecule has 0 radical (unpaired) electrons. The number of carbonyl (C=O) groups is 1. The number of sulfonamides is 1. The highest BCUT2D eigenvalue weighted by Crippen LogP contribution is 2.28. The first-order valence-electron chi connectivity index (χ1n) is 9.88. The van der Waals surface area contributed by atoms with Crippen molar-refractivity contribution >= 4 is 62.3 Å². The first-order valence-corrected chi connectivity index (χ1v) is 13.3. The maximum absolute atomic E-state index is 13.5. The third-order valence-electron chi connectivity index (χ3n) is 4.52. The molecule has 0 aliphatic rings. The molecule has 0 fully saturated rings. The Kier molecular flexibility index (Phi) is 8.53. The van der Waals surface area contributed by atoms with E-state index in [1.54, 1.807) is 36.4 Å². The number of rotatable bonds is 9. The van der Waals surface area contributed by atoms with Gasteiger partial charge in [0.2, 0.25) is 5.91 Å². The van der Waals surface area contributed by atoms with Gasteiger partial charge in [0, 0.05) is 20.6 Å². The van der Waals surface area contributed by atoms with Gasteiger partial charge in [-0.25, -0.2) is 8.42 Å². The second kappa shape index (κ2) is 11.2. The van der Waals surface area contributed by atoms with Gasteiger partial charge in [0.05, 0.1) is 17.2 Å². The predicted molar refractivity (Wildman–Crippen MR) is 135 cm³/mol. The minimum absolute atomic E-state index is 0.0767. The van der Waals surface area contributed by atoms with Crippen LogP contribution >= 0.6 is 35.0 Å². The third-order valence-corrected chi connectivity index (χ3v) is 7.48. The van der Waals surface area contributed by atoms with Crippen LogP contribution in [0, 0.1) is 0 Å². The number of nitrogens with one attached hydrogen (secondary N) is 1. The van der Waals surface area contributed by atoms with E-state index in [-0.39, 0.29) is 4.90 Å². The van der Waals surface area contributed by atoms with Crippen molar-refractivity contribution in [3.63, 3.8) is 0 Å². The molecule has 0 saturated heterocycles. The Morgan fingerprint density at radius 1 is 1.00 bits per heavy atom. The number of nitrogens with zero attached hydrogens (tertiary/aromatic N) is 1. The zero-order chi connectivity index (χ0) is 24.0. The Morgan fingerprint density at radius 2 is 1.61 bits per heavy atom. The molecular weight excluding hydrogens is 503 g/mol. The maximum atomic E-state index is 13.5. The van der Waals surface area contributed by atoms with Gasteiger partial charge in [0.15, 0.2) is 0 Å². The van der Waals surface area contributed by atoms with Crippen molar-refractivity contribution in [2.24, 2.45) is 0 Å². The van der Waals surface area contributed by atoms with Crippen LogP contribution < -0.4 is 14.4 Å². The molecule has 33 heavy (non-hydrogen) atoms. The molecule has 0 saturated carbocycles. The van der Waals surface area contributed by atoms with Crippen molar-refractivity contribution in [2.45, 2.75) is 16.7 Å². The summed E-state index contributed by atoms with van der Waals surface area (Å²) in [6.07, 6.45) is 1.90. The number of hydrogen-bond donors (Lipinski definition) is 1. The lowest BCUT2D eigenvalue weighted by Gasteiger charge is -2.24. The maximum Gasteiger partial charge on any atom is 0.264 e. The van der Waals surface area contributed by atoms with Gasteiger partial charge >= 0.3 is 0 Å². The number of hydrogen-bond acceptors (Lipinski definition) is 5. The van der Waals surface area contributed by atoms with Gasteiger partial charge in [-0.15, -0.1) is 11.8 Å². The summed E-state index contributed by atoms with van der Waals surface area (Å²) in [6.45, 7) is 1.88. The Bertz CT molecular complexity index is 1200. The fourth-order valence-electron chi connectivity index (χ4n) is 3.02. The predicted octanol–water partition coefficient (Wildman–Crippen LogP) is 5.95. The van der Waals surface area contributed by atoms with Gasteiger partial charge in [0.25, 0.3) is 10.0 Å². The van der Waals surface area contributed by atoms with E-state index in [9.17, 15) is 13.2 Å². The van der Waals surface area contributed by atoms with Gasteiger partial charge in [-0.1, -0.05) is 23.2 Å². The second-order valence-electron chi connectivity index (χ2n) is 6.82. The van der Waals surface area contributed by atoms with Gasteiger partial charge < -0.3 is 10.1 Å². The molecule has 1 amide bonds. The van der Waals surface area contributed by atoms with E-state index in [4.69, 9.17) is 27.9 Å². The molecule has 0 aromatic heterocycles. The van der Waals surface area contributed by atoms with Gasteiger partial charge in [-0.3, -0.25) is 9.10 Å². The zero-order valence-corrected chi connectivity index (χ0v) is 21.1. The number of amides is 1. The van der Waals surface area contributed by atoms with Crippen LogP contribution in [0.5, 0.6) is 5.75 Å². The summed E-state index contributed by atoms with van der Waals surface area (Å²) in [5.74, 6) is 0.0486. The number of halogens is 2. The molecule has 174 valence electrons. The Balaban J connectivity index is 1.94. The van der Waals surface area contributed by atoms with Crippen molar-refractivity contribution < 1.29 is 17.9 Å². The molecule has 0 unspecified atom stereocenters. The van der Waals surface area contributed by atoms with Crippen molar-refractivity contribution in [2.75, 3.05) is 29.0 Å². The highest BCUT2D eigenvalue weighted by molar-refractivity contribution is 7.98. The molecule has 3 aromatic carbocycles. The normalized spacial score (nSPS) is 11.2. The first-order chi connectivity index (χ1) is 15.7. The molecule has 3 rings (SSSR count). The Hall–Kier alpha value is -2.39. The average molecular weight is 525 g/mol. The summed E-state index contributed by atoms with van der Waals surface area (Å²) >= 11 is 13.5. The van der Waals surface area contributed by atoms with E-state index in [1.807, 2.05) is 13.2 Å². The fraction of sp³-hybridized carbons (Fsp3) is 0.174. The molecule has 3 aromatic rings. The van der Waals surface area contributed by atoms with Gasteiger partial charge in [0.1, 0.15) is 12.3 Å². The number of benzene rings is 3. The van der Waals surface area contributed by atoms with E-state index in [0.29, 0.717) is 33.8 Å². The smallest absolute Gasteiger partial charge is 0.264 e. The number of thioether (sulfide) groups is 1. The van der Waals surface area contributed by atoms with Crippen molar-refractivity contribution in [3.05, 3.63) is 76.8 Å². The third kappa shape index (κ3) is 6.57. The topological polar surface area (TPSA) is 75.7 Å². The Morgan fingerprint density at radius 3 is 2.15 bits per heavy atom.